The van der Waals surface area contributed by atoms with Gasteiger partial charge in [0, 0.05) is 5.75 Å². The van der Waals surface area contributed by atoms with E-state index < -0.39 is 11.5 Å². The number of hydrogen-bond donors (Lipinski definition) is 2. The molecule has 62 valence electrons. The van der Waals surface area contributed by atoms with Gasteiger partial charge in [0.25, 0.3) is 0 Å². The molecule has 0 saturated heterocycles. The molecule has 3 nitrogen and oxygen atoms in total. The van der Waals surface area contributed by atoms with Gasteiger partial charge in [0.05, 0.1) is 7.11 Å². The van der Waals surface area contributed by atoms with Crippen LogP contribution in [-0.2, 0) is 9.53 Å². The molecule has 1 unspecified atom stereocenters. The van der Waals surface area contributed by atoms with Crippen molar-refractivity contribution in [2.75, 3.05) is 12.9 Å². The molecule has 0 amide bonds. The summed E-state index contributed by atoms with van der Waals surface area (Å²) < 4.78 is 4.39. The van der Waals surface area contributed by atoms with Crippen molar-refractivity contribution >= 4 is 31.0 Å². The van der Waals surface area contributed by atoms with Gasteiger partial charge < -0.3 is 10.5 Å². The number of carbonyl (C=O) groups excluding carboxylic acids is 1. The predicted molar refractivity (Wildman–Crippen MR) is 45.7 cm³/mol. The highest BCUT2D eigenvalue weighted by Gasteiger charge is 2.26. The zero-order chi connectivity index (χ0) is 7.49. The molecule has 5 heteroatoms. The zero-order valence-corrected chi connectivity index (χ0v) is 7.67. The molecule has 0 rings (SSSR count). The number of esters is 1. The first-order valence-electron chi connectivity index (χ1n) is 2.52. The summed E-state index contributed by atoms with van der Waals surface area (Å²) in [7, 11) is 1.30. The van der Waals surface area contributed by atoms with Crippen molar-refractivity contribution in [3.8, 4) is 0 Å². The number of carbonyl (C=O) groups is 1. The van der Waals surface area contributed by atoms with Crippen LogP contribution in [0.1, 0.15) is 6.92 Å². The minimum atomic E-state index is -0.947. The summed E-state index contributed by atoms with van der Waals surface area (Å²) in [6.45, 7) is 1.58. The Bertz CT molecular complexity index is 118. The van der Waals surface area contributed by atoms with Crippen LogP contribution in [0, 0.1) is 0 Å². The Morgan fingerprint density at radius 1 is 1.80 bits per heavy atom. The number of halogens is 1. The van der Waals surface area contributed by atoms with Crippen LogP contribution in [0.3, 0.4) is 0 Å². The highest BCUT2D eigenvalue weighted by Crippen LogP contribution is 2.02. The first-order valence-corrected chi connectivity index (χ1v) is 3.16. The minimum Gasteiger partial charge on any atom is -0.468 e. The summed E-state index contributed by atoms with van der Waals surface area (Å²) in [5, 5.41) is 0. The van der Waals surface area contributed by atoms with E-state index >= 15 is 0 Å². The molecule has 0 aliphatic rings. The number of rotatable bonds is 2. The molecule has 0 spiro atoms. The second-order valence-electron chi connectivity index (χ2n) is 2.07. The maximum absolute atomic E-state index is 10.7. The predicted octanol–water partition coefficient (Wildman–Crippen LogP) is 0.228. The van der Waals surface area contributed by atoms with Crippen LogP contribution in [0.5, 0.6) is 0 Å². The fourth-order valence-electron chi connectivity index (χ4n) is 0.298. The lowest BCUT2D eigenvalue weighted by Gasteiger charge is -2.17. The monoisotopic (exact) mass is 185 g/mol. The lowest BCUT2D eigenvalue weighted by molar-refractivity contribution is -0.145. The lowest BCUT2D eigenvalue weighted by atomic mass is 10.1. The standard InChI is InChI=1S/C5H11NO2S.ClH/c1-5(6,3-9)4(7)8-2;/h9H,3,6H2,1-2H3;1H. The third-order valence-electron chi connectivity index (χ3n) is 0.980. The van der Waals surface area contributed by atoms with Crippen LogP contribution in [0.15, 0.2) is 0 Å². The minimum absolute atomic E-state index is 0. The quantitative estimate of drug-likeness (QED) is 0.479. The van der Waals surface area contributed by atoms with E-state index in [9.17, 15) is 4.79 Å². The van der Waals surface area contributed by atoms with Gasteiger partial charge in [0.1, 0.15) is 5.54 Å². The Morgan fingerprint density at radius 3 is 2.30 bits per heavy atom. The van der Waals surface area contributed by atoms with Crippen molar-refractivity contribution in [2.24, 2.45) is 5.73 Å². The third kappa shape index (κ3) is 3.29. The van der Waals surface area contributed by atoms with Gasteiger partial charge in [-0.2, -0.15) is 12.6 Å². The molecule has 0 aromatic carbocycles. The molecule has 0 aliphatic carbocycles. The molecular weight excluding hydrogens is 174 g/mol. The molecule has 0 radical (unpaired) electrons. The fraction of sp³-hybridized carbons (Fsp3) is 0.800. The van der Waals surface area contributed by atoms with E-state index in [4.69, 9.17) is 5.73 Å². The molecule has 1 atom stereocenters. The number of nitrogens with two attached hydrogens (primary N) is 1. The number of thiol groups is 1. The van der Waals surface area contributed by atoms with Crippen LogP contribution >= 0.6 is 25.0 Å². The van der Waals surface area contributed by atoms with Crippen LogP contribution in [0.4, 0.5) is 0 Å². The van der Waals surface area contributed by atoms with E-state index in [-0.39, 0.29) is 12.4 Å². The van der Waals surface area contributed by atoms with Gasteiger partial charge in [-0.15, -0.1) is 12.4 Å². The molecule has 0 aromatic rings. The average molecular weight is 186 g/mol. The van der Waals surface area contributed by atoms with Crippen LogP contribution in [0.25, 0.3) is 0 Å². The smallest absolute Gasteiger partial charge is 0.326 e. The van der Waals surface area contributed by atoms with Crippen LogP contribution in [-0.4, -0.2) is 24.4 Å². The summed E-state index contributed by atoms with van der Waals surface area (Å²) in [6.07, 6.45) is 0. The molecule has 0 bridgehead atoms. The summed E-state index contributed by atoms with van der Waals surface area (Å²) in [6, 6.07) is 0. The van der Waals surface area contributed by atoms with Crippen molar-refractivity contribution in [2.45, 2.75) is 12.5 Å². The van der Waals surface area contributed by atoms with Crippen molar-refractivity contribution in [3.63, 3.8) is 0 Å². The Hall–Kier alpha value is 0.0700. The summed E-state index contributed by atoms with van der Waals surface area (Å²) in [5.41, 5.74) is 4.47. The zero-order valence-electron chi connectivity index (χ0n) is 5.96. The van der Waals surface area contributed by atoms with E-state index in [0.29, 0.717) is 5.75 Å². The largest absolute Gasteiger partial charge is 0.468 e. The van der Waals surface area contributed by atoms with Gasteiger partial charge in [-0.05, 0) is 6.92 Å². The van der Waals surface area contributed by atoms with E-state index in [1.807, 2.05) is 0 Å². The molecule has 0 heterocycles. The molecule has 0 aromatic heterocycles. The second kappa shape index (κ2) is 4.82. The maximum Gasteiger partial charge on any atom is 0.326 e. The SMILES string of the molecule is COC(=O)C(C)(N)CS.Cl. The number of methoxy groups -OCH3 is 1. The van der Waals surface area contributed by atoms with Crippen molar-refractivity contribution in [3.05, 3.63) is 0 Å². The van der Waals surface area contributed by atoms with Crippen molar-refractivity contribution in [1.29, 1.82) is 0 Å². The van der Waals surface area contributed by atoms with Crippen molar-refractivity contribution in [1.82, 2.24) is 0 Å². The van der Waals surface area contributed by atoms with Gasteiger partial charge in [0.2, 0.25) is 0 Å². The average Bonchev–Trinajstić information content (AvgIpc) is 1.86. The van der Waals surface area contributed by atoms with E-state index in [2.05, 4.69) is 17.4 Å². The van der Waals surface area contributed by atoms with E-state index in [1.54, 1.807) is 6.92 Å². The van der Waals surface area contributed by atoms with Gasteiger partial charge >= 0.3 is 5.97 Å². The van der Waals surface area contributed by atoms with Crippen molar-refractivity contribution < 1.29 is 9.53 Å². The summed E-state index contributed by atoms with van der Waals surface area (Å²) in [4.78, 5) is 10.7. The fourth-order valence-corrected chi connectivity index (χ4v) is 0.427. The molecule has 10 heavy (non-hydrogen) atoms. The Kier molecular flexibility index (Phi) is 6.13. The topological polar surface area (TPSA) is 52.3 Å². The van der Waals surface area contributed by atoms with Gasteiger partial charge in [-0.25, -0.2) is 0 Å². The second-order valence-corrected chi connectivity index (χ2v) is 2.38. The Morgan fingerprint density at radius 2 is 2.20 bits per heavy atom. The van der Waals surface area contributed by atoms with E-state index in [1.165, 1.54) is 7.11 Å². The summed E-state index contributed by atoms with van der Waals surface area (Å²) in [5.74, 6) is -0.142. The molecule has 0 fully saturated rings. The first kappa shape index (κ1) is 12.7. The van der Waals surface area contributed by atoms with Gasteiger partial charge in [-0.1, -0.05) is 0 Å². The van der Waals surface area contributed by atoms with E-state index in [0.717, 1.165) is 0 Å². The van der Waals surface area contributed by atoms with Gasteiger partial charge in [-0.3, -0.25) is 4.79 Å². The first-order chi connectivity index (χ1) is 4.04. The van der Waals surface area contributed by atoms with Crippen LogP contribution in [0.2, 0.25) is 0 Å². The number of ether oxygens (including phenoxy) is 1. The Balaban J connectivity index is 0. The molecule has 2 N–H and O–H groups in total. The lowest BCUT2D eigenvalue weighted by Crippen LogP contribution is -2.47. The third-order valence-corrected chi connectivity index (χ3v) is 1.64. The highest BCUT2D eigenvalue weighted by atomic mass is 35.5. The molecule has 0 saturated carbocycles. The normalized spacial score (nSPS) is 14.8. The molecular formula is C5H12ClNO2S. The summed E-state index contributed by atoms with van der Waals surface area (Å²) >= 11 is 3.87. The number of hydrogen-bond acceptors (Lipinski definition) is 4. The van der Waals surface area contributed by atoms with Crippen LogP contribution < -0.4 is 5.73 Å². The maximum atomic E-state index is 10.7. The molecule has 0 aliphatic heterocycles. The highest BCUT2D eigenvalue weighted by molar-refractivity contribution is 7.80. The van der Waals surface area contributed by atoms with Gasteiger partial charge in [0.15, 0.2) is 0 Å². The Labute approximate surface area is 72.1 Å².